The summed E-state index contributed by atoms with van der Waals surface area (Å²) in [5.74, 6) is 0. The van der Waals surface area contributed by atoms with Gasteiger partial charge in [0, 0.05) is 33.9 Å². The molecule has 0 amide bonds. The first kappa shape index (κ1) is 14.7. The van der Waals surface area contributed by atoms with Crippen LogP contribution in [0, 0.1) is 0 Å². The summed E-state index contributed by atoms with van der Waals surface area (Å²) in [5, 5.41) is 4.50. The number of halogens is 1. The molecule has 0 saturated heterocycles. The minimum absolute atomic E-state index is 0.817. The van der Waals surface area contributed by atoms with Gasteiger partial charge in [-0.05, 0) is 35.8 Å². The zero-order chi connectivity index (χ0) is 12.8. The van der Waals surface area contributed by atoms with Gasteiger partial charge in [-0.1, -0.05) is 6.92 Å². The second-order valence-corrected chi connectivity index (χ2v) is 5.06. The normalized spacial score (nSPS) is 11.4. The fraction of sp³-hybridized carbons (Fsp3) is 0.750. The zero-order valence-electron chi connectivity index (χ0n) is 11.2. The Morgan fingerprint density at radius 1 is 1.47 bits per heavy atom. The minimum atomic E-state index is 0.817. The summed E-state index contributed by atoms with van der Waals surface area (Å²) in [6, 6.07) is 0. The smallest absolute Gasteiger partial charge is 0.0767 e. The van der Waals surface area contributed by atoms with E-state index in [1.54, 1.807) is 7.11 Å². The molecular weight excluding hydrogens is 282 g/mol. The number of aryl methyl sites for hydroxylation is 2. The van der Waals surface area contributed by atoms with Crippen molar-refractivity contribution < 1.29 is 4.74 Å². The molecule has 0 fully saturated rings. The summed E-state index contributed by atoms with van der Waals surface area (Å²) in [6.45, 7) is 4.89. The van der Waals surface area contributed by atoms with Gasteiger partial charge in [0.1, 0.15) is 0 Å². The highest BCUT2D eigenvalue weighted by Gasteiger charge is 2.13. The van der Waals surface area contributed by atoms with Crippen LogP contribution in [0.15, 0.2) is 4.47 Å². The highest BCUT2D eigenvalue weighted by molar-refractivity contribution is 9.10. The van der Waals surface area contributed by atoms with E-state index in [-0.39, 0.29) is 0 Å². The molecule has 1 heterocycles. The lowest BCUT2D eigenvalue weighted by molar-refractivity contribution is 0.177. The highest BCUT2D eigenvalue weighted by Crippen LogP contribution is 2.22. The Hall–Kier alpha value is -0.390. The first-order valence-corrected chi connectivity index (χ1v) is 6.77. The Labute approximate surface area is 112 Å². The van der Waals surface area contributed by atoms with Crippen LogP contribution in [-0.4, -0.2) is 42.0 Å². The van der Waals surface area contributed by atoms with Gasteiger partial charge in [-0.2, -0.15) is 5.10 Å². The Balaban J connectivity index is 2.58. The molecule has 0 N–H and O–H groups in total. The van der Waals surface area contributed by atoms with Crippen LogP contribution in [0.5, 0.6) is 0 Å². The Kier molecular flexibility index (Phi) is 6.16. The van der Waals surface area contributed by atoms with E-state index in [1.165, 1.54) is 5.69 Å². The summed E-state index contributed by atoms with van der Waals surface area (Å²) < 4.78 is 8.18. The van der Waals surface area contributed by atoms with Crippen molar-refractivity contribution >= 4 is 15.9 Å². The summed E-state index contributed by atoms with van der Waals surface area (Å²) in [4.78, 5) is 2.29. The summed E-state index contributed by atoms with van der Waals surface area (Å²) in [6.07, 6.45) is 2.02. The Bertz CT molecular complexity index is 352. The predicted octanol–water partition coefficient (Wildman–Crippen LogP) is 2.21. The predicted molar refractivity (Wildman–Crippen MR) is 73.1 cm³/mol. The monoisotopic (exact) mass is 303 g/mol. The lowest BCUT2D eigenvalue weighted by Crippen LogP contribution is -2.22. The molecule has 0 aromatic carbocycles. The van der Waals surface area contributed by atoms with Crippen LogP contribution in [-0.2, 0) is 24.8 Å². The third kappa shape index (κ3) is 4.08. The molecule has 0 aliphatic carbocycles. The SMILES string of the molecule is CCc1nn(C)c(CN(C)CCCOC)c1Br. The van der Waals surface area contributed by atoms with Gasteiger partial charge < -0.3 is 9.64 Å². The summed E-state index contributed by atoms with van der Waals surface area (Å²) in [7, 11) is 5.87. The van der Waals surface area contributed by atoms with E-state index in [0.29, 0.717) is 0 Å². The van der Waals surface area contributed by atoms with Crippen molar-refractivity contribution in [1.82, 2.24) is 14.7 Å². The number of ether oxygens (including phenoxy) is 1. The molecule has 1 aromatic heterocycles. The second-order valence-electron chi connectivity index (χ2n) is 4.27. The van der Waals surface area contributed by atoms with Crippen molar-refractivity contribution in [1.29, 1.82) is 0 Å². The van der Waals surface area contributed by atoms with Gasteiger partial charge in [-0.25, -0.2) is 0 Å². The maximum absolute atomic E-state index is 5.06. The van der Waals surface area contributed by atoms with E-state index in [1.807, 2.05) is 11.7 Å². The molecule has 0 radical (unpaired) electrons. The van der Waals surface area contributed by atoms with Gasteiger partial charge in [0.05, 0.1) is 15.9 Å². The molecular formula is C12H22BrN3O. The maximum Gasteiger partial charge on any atom is 0.0767 e. The molecule has 98 valence electrons. The average Bonchev–Trinajstić information content (AvgIpc) is 2.57. The molecule has 0 aliphatic heterocycles. The van der Waals surface area contributed by atoms with Crippen LogP contribution < -0.4 is 0 Å². The summed E-state index contributed by atoms with van der Waals surface area (Å²) >= 11 is 3.64. The van der Waals surface area contributed by atoms with Gasteiger partial charge in [0.25, 0.3) is 0 Å². The van der Waals surface area contributed by atoms with Crippen molar-refractivity contribution in [3.63, 3.8) is 0 Å². The van der Waals surface area contributed by atoms with Crippen LogP contribution in [0.25, 0.3) is 0 Å². The quantitative estimate of drug-likeness (QED) is 0.724. The molecule has 1 rings (SSSR count). The molecule has 0 spiro atoms. The molecule has 0 unspecified atom stereocenters. The van der Waals surface area contributed by atoms with Gasteiger partial charge in [-0.15, -0.1) is 0 Å². The van der Waals surface area contributed by atoms with Crippen molar-refractivity contribution in [2.45, 2.75) is 26.3 Å². The second kappa shape index (κ2) is 7.13. The average molecular weight is 304 g/mol. The van der Waals surface area contributed by atoms with Crippen molar-refractivity contribution in [3.8, 4) is 0 Å². The topological polar surface area (TPSA) is 30.3 Å². The van der Waals surface area contributed by atoms with Crippen molar-refractivity contribution in [2.24, 2.45) is 7.05 Å². The summed E-state index contributed by atoms with van der Waals surface area (Å²) in [5.41, 5.74) is 2.37. The van der Waals surface area contributed by atoms with Gasteiger partial charge >= 0.3 is 0 Å². The Morgan fingerprint density at radius 2 is 2.18 bits per heavy atom. The third-order valence-corrected chi connectivity index (χ3v) is 3.73. The molecule has 1 aromatic rings. The molecule has 0 saturated carbocycles. The van der Waals surface area contributed by atoms with Crippen LogP contribution in [0.2, 0.25) is 0 Å². The largest absolute Gasteiger partial charge is 0.385 e. The van der Waals surface area contributed by atoms with Crippen LogP contribution in [0.4, 0.5) is 0 Å². The molecule has 0 aliphatic rings. The van der Waals surface area contributed by atoms with E-state index >= 15 is 0 Å². The van der Waals surface area contributed by atoms with E-state index in [4.69, 9.17) is 4.74 Å². The third-order valence-electron chi connectivity index (χ3n) is 2.81. The van der Waals surface area contributed by atoms with Crippen LogP contribution in [0.1, 0.15) is 24.7 Å². The van der Waals surface area contributed by atoms with Crippen molar-refractivity contribution in [3.05, 3.63) is 15.9 Å². The lowest BCUT2D eigenvalue weighted by atomic mass is 10.3. The van der Waals surface area contributed by atoms with Gasteiger partial charge in [0.2, 0.25) is 0 Å². The first-order valence-electron chi connectivity index (χ1n) is 5.97. The van der Waals surface area contributed by atoms with Crippen LogP contribution in [0.3, 0.4) is 0 Å². The van der Waals surface area contributed by atoms with Gasteiger partial charge in [0.15, 0.2) is 0 Å². The molecule has 4 nitrogen and oxygen atoms in total. The van der Waals surface area contributed by atoms with Gasteiger partial charge in [-0.3, -0.25) is 4.68 Å². The van der Waals surface area contributed by atoms with E-state index in [0.717, 1.165) is 42.7 Å². The first-order chi connectivity index (χ1) is 8.10. The highest BCUT2D eigenvalue weighted by atomic mass is 79.9. The van der Waals surface area contributed by atoms with E-state index in [9.17, 15) is 0 Å². The van der Waals surface area contributed by atoms with E-state index in [2.05, 4.69) is 39.9 Å². The standard InChI is InChI=1S/C12H22BrN3O/c1-5-10-12(13)11(16(3)14-10)9-15(2)7-6-8-17-4/h5-9H2,1-4H3. The molecule has 0 bridgehead atoms. The number of rotatable bonds is 7. The fourth-order valence-electron chi connectivity index (χ4n) is 1.81. The number of methoxy groups -OCH3 is 1. The zero-order valence-corrected chi connectivity index (χ0v) is 12.7. The number of nitrogens with zero attached hydrogens (tertiary/aromatic N) is 3. The number of hydrogen-bond donors (Lipinski definition) is 0. The maximum atomic E-state index is 5.06. The molecule has 17 heavy (non-hydrogen) atoms. The fourth-order valence-corrected chi connectivity index (χ4v) is 2.55. The van der Waals surface area contributed by atoms with Crippen LogP contribution >= 0.6 is 15.9 Å². The minimum Gasteiger partial charge on any atom is -0.385 e. The lowest BCUT2D eigenvalue weighted by Gasteiger charge is -2.16. The Morgan fingerprint density at radius 3 is 2.71 bits per heavy atom. The van der Waals surface area contributed by atoms with E-state index < -0.39 is 0 Å². The molecule has 5 heteroatoms. The van der Waals surface area contributed by atoms with Crippen molar-refractivity contribution in [2.75, 3.05) is 27.3 Å². The molecule has 0 atom stereocenters. The number of aromatic nitrogens is 2. The number of hydrogen-bond acceptors (Lipinski definition) is 3.